The highest BCUT2D eigenvalue weighted by atomic mass is 16.6. The Labute approximate surface area is 157 Å². The summed E-state index contributed by atoms with van der Waals surface area (Å²) in [6.45, 7) is 3.41. The molecule has 4 rings (SSSR count). The number of hydrogen-bond acceptors (Lipinski definition) is 9. The first-order chi connectivity index (χ1) is 13.0. The van der Waals surface area contributed by atoms with Crippen molar-refractivity contribution in [1.82, 2.24) is 0 Å². The molecule has 4 heterocycles. The molecule has 0 aliphatic carbocycles. The Kier molecular flexibility index (Phi) is 5.65. The maximum absolute atomic E-state index is 12.0. The van der Waals surface area contributed by atoms with Crippen LogP contribution in [0.25, 0.3) is 0 Å². The Hall–Kier alpha value is -1.26. The first kappa shape index (κ1) is 19.1. The van der Waals surface area contributed by atoms with Crippen molar-refractivity contribution in [2.24, 2.45) is 5.92 Å². The van der Waals surface area contributed by atoms with Crippen molar-refractivity contribution >= 4 is 11.9 Å². The summed E-state index contributed by atoms with van der Waals surface area (Å²) in [5.74, 6) is -0.483. The van der Waals surface area contributed by atoms with Crippen molar-refractivity contribution in [3.8, 4) is 0 Å². The summed E-state index contributed by atoms with van der Waals surface area (Å²) in [6, 6.07) is 0. The average molecular weight is 386 g/mol. The van der Waals surface area contributed by atoms with E-state index in [1.165, 1.54) is 0 Å². The van der Waals surface area contributed by atoms with E-state index >= 15 is 0 Å². The number of carbonyl (C=O) groups excluding carboxylic acids is 2. The van der Waals surface area contributed by atoms with E-state index in [1.54, 1.807) is 0 Å². The smallest absolute Gasteiger partial charge is 0.306 e. The van der Waals surface area contributed by atoms with Gasteiger partial charge in [0.15, 0.2) is 12.2 Å². The van der Waals surface area contributed by atoms with Crippen LogP contribution in [0.3, 0.4) is 0 Å². The fraction of sp³-hybridized carbons (Fsp3) is 0.889. The number of aliphatic hydroxyl groups excluding tert-OH is 1. The zero-order valence-electron chi connectivity index (χ0n) is 15.3. The predicted octanol–water partition coefficient (Wildman–Crippen LogP) is -0.427. The lowest BCUT2D eigenvalue weighted by atomic mass is 10.0. The standard InChI is InChI=1S/C18H26O9/c1-9-5-22-17-11(7-24-15(9)17)26-13(20)3-2-4-14(21)27-12-8-25-16-10(19)6-23-18(12)16/h9-12,15-19H,2-8H2,1H3/t9-,10-,11-,12-,15+,16+,17+,18+/m0/s1. The molecule has 0 aromatic carbocycles. The highest BCUT2D eigenvalue weighted by Crippen LogP contribution is 2.32. The van der Waals surface area contributed by atoms with Crippen LogP contribution >= 0.6 is 0 Å². The van der Waals surface area contributed by atoms with Crippen molar-refractivity contribution < 1.29 is 43.1 Å². The molecule has 0 bridgehead atoms. The second-order valence-corrected chi connectivity index (χ2v) is 7.65. The molecule has 4 saturated heterocycles. The topological polar surface area (TPSA) is 110 Å². The van der Waals surface area contributed by atoms with Gasteiger partial charge in [-0.1, -0.05) is 6.92 Å². The average Bonchev–Trinajstić information content (AvgIpc) is 3.37. The Morgan fingerprint density at radius 1 is 0.815 bits per heavy atom. The van der Waals surface area contributed by atoms with E-state index in [4.69, 9.17) is 28.4 Å². The number of rotatable bonds is 6. The molecular weight excluding hydrogens is 360 g/mol. The van der Waals surface area contributed by atoms with Gasteiger partial charge in [0.05, 0.1) is 32.5 Å². The third-order valence-electron chi connectivity index (χ3n) is 5.56. The molecule has 0 unspecified atom stereocenters. The molecule has 9 nitrogen and oxygen atoms in total. The largest absolute Gasteiger partial charge is 0.457 e. The first-order valence-corrected chi connectivity index (χ1v) is 9.56. The van der Waals surface area contributed by atoms with Gasteiger partial charge in [0.2, 0.25) is 0 Å². The molecule has 152 valence electrons. The summed E-state index contributed by atoms with van der Waals surface area (Å²) >= 11 is 0. The lowest BCUT2D eigenvalue weighted by Gasteiger charge is -2.17. The van der Waals surface area contributed by atoms with Crippen LogP contribution in [0.2, 0.25) is 0 Å². The SMILES string of the molecule is C[C@H]1CO[C@H]2[C@@H]1OC[C@@H]2OC(=O)CCCC(=O)O[C@H]1CO[C@H]2[C@@H]1OC[C@@H]2O. The van der Waals surface area contributed by atoms with Crippen molar-refractivity contribution in [3.05, 3.63) is 0 Å². The van der Waals surface area contributed by atoms with Gasteiger partial charge < -0.3 is 33.5 Å². The van der Waals surface area contributed by atoms with Crippen LogP contribution in [0.4, 0.5) is 0 Å². The van der Waals surface area contributed by atoms with Gasteiger partial charge in [-0.25, -0.2) is 0 Å². The molecule has 0 radical (unpaired) electrons. The summed E-state index contributed by atoms with van der Waals surface area (Å²) in [5, 5.41) is 9.68. The van der Waals surface area contributed by atoms with E-state index in [2.05, 4.69) is 6.92 Å². The van der Waals surface area contributed by atoms with Crippen LogP contribution in [0.1, 0.15) is 26.2 Å². The molecule has 27 heavy (non-hydrogen) atoms. The molecule has 0 saturated carbocycles. The number of fused-ring (bicyclic) bond motifs is 2. The van der Waals surface area contributed by atoms with Gasteiger partial charge >= 0.3 is 11.9 Å². The number of aliphatic hydroxyl groups is 1. The van der Waals surface area contributed by atoms with Crippen molar-refractivity contribution in [3.63, 3.8) is 0 Å². The molecule has 0 aromatic rings. The number of esters is 2. The minimum atomic E-state index is -0.681. The van der Waals surface area contributed by atoms with Crippen LogP contribution in [-0.2, 0) is 38.0 Å². The second kappa shape index (κ2) is 8.00. The van der Waals surface area contributed by atoms with Crippen molar-refractivity contribution in [2.75, 3.05) is 26.4 Å². The van der Waals surface area contributed by atoms with Gasteiger partial charge in [0.1, 0.15) is 24.4 Å². The van der Waals surface area contributed by atoms with Crippen LogP contribution < -0.4 is 0 Å². The van der Waals surface area contributed by atoms with E-state index in [-0.39, 0.29) is 50.3 Å². The van der Waals surface area contributed by atoms with Gasteiger partial charge in [-0.2, -0.15) is 0 Å². The van der Waals surface area contributed by atoms with Crippen molar-refractivity contribution in [2.45, 2.75) is 68.9 Å². The first-order valence-electron chi connectivity index (χ1n) is 9.56. The van der Waals surface area contributed by atoms with Gasteiger partial charge in [0, 0.05) is 18.8 Å². The molecule has 4 aliphatic heterocycles. The van der Waals surface area contributed by atoms with Crippen LogP contribution in [-0.4, -0.2) is 86.2 Å². The fourth-order valence-corrected chi connectivity index (χ4v) is 4.13. The Bertz CT molecular complexity index is 519. The third kappa shape index (κ3) is 3.97. The zero-order valence-corrected chi connectivity index (χ0v) is 15.3. The molecule has 0 amide bonds. The van der Waals surface area contributed by atoms with E-state index in [0.717, 1.165) is 0 Å². The summed E-state index contributed by atoms with van der Waals surface area (Å²) in [5.41, 5.74) is 0. The van der Waals surface area contributed by atoms with Crippen LogP contribution in [0, 0.1) is 5.92 Å². The quantitative estimate of drug-likeness (QED) is 0.608. The number of ether oxygens (including phenoxy) is 6. The number of hydrogen-bond donors (Lipinski definition) is 1. The molecule has 9 heteroatoms. The highest BCUT2D eigenvalue weighted by molar-refractivity contribution is 5.72. The Morgan fingerprint density at radius 3 is 2.00 bits per heavy atom. The maximum atomic E-state index is 12.0. The molecule has 8 atom stereocenters. The predicted molar refractivity (Wildman–Crippen MR) is 87.7 cm³/mol. The molecule has 1 N–H and O–H groups in total. The fourth-order valence-electron chi connectivity index (χ4n) is 4.13. The lowest BCUT2D eigenvalue weighted by molar-refractivity contribution is -0.155. The van der Waals surface area contributed by atoms with Gasteiger partial charge in [-0.05, 0) is 6.42 Å². The van der Waals surface area contributed by atoms with E-state index in [9.17, 15) is 14.7 Å². The van der Waals surface area contributed by atoms with Crippen LogP contribution in [0.5, 0.6) is 0 Å². The molecule has 0 aromatic heterocycles. The minimum Gasteiger partial charge on any atom is -0.457 e. The number of carbonyl (C=O) groups is 2. The van der Waals surface area contributed by atoms with E-state index in [1.807, 2.05) is 0 Å². The maximum Gasteiger partial charge on any atom is 0.306 e. The molecule has 4 aliphatic rings. The minimum absolute atomic E-state index is 0.00782. The zero-order chi connectivity index (χ0) is 19.0. The summed E-state index contributed by atoms with van der Waals surface area (Å²) in [6.07, 6.45) is -2.06. The third-order valence-corrected chi connectivity index (χ3v) is 5.56. The monoisotopic (exact) mass is 386 g/mol. The second-order valence-electron chi connectivity index (χ2n) is 7.65. The molecule has 4 fully saturated rings. The van der Waals surface area contributed by atoms with E-state index in [0.29, 0.717) is 25.6 Å². The Balaban J connectivity index is 1.14. The highest BCUT2D eigenvalue weighted by Gasteiger charge is 2.49. The normalized spacial score (nSPS) is 42.7. The van der Waals surface area contributed by atoms with Crippen LogP contribution in [0.15, 0.2) is 0 Å². The van der Waals surface area contributed by atoms with Gasteiger partial charge in [-0.3, -0.25) is 9.59 Å². The summed E-state index contributed by atoms with van der Waals surface area (Å²) in [4.78, 5) is 24.0. The Morgan fingerprint density at radius 2 is 1.33 bits per heavy atom. The summed E-state index contributed by atoms with van der Waals surface area (Å²) in [7, 11) is 0. The van der Waals surface area contributed by atoms with E-state index < -0.39 is 30.4 Å². The summed E-state index contributed by atoms with van der Waals surface area (Å²) < 4.78 is 32.9. The molecule has 0 spiro atoms. The van der Waals surface area contributed by atoms with Crippen molar-refractivity contribution in [1.29, 1.82) is 0 Å². The lowest BCUT2D eigenvalue weighted by Crippen LogP contribution is -2.34. The molecular formula is C18H26O9. The van der Waals surface area contributed by atoms with Gasteiger partial charge in [0.25, 0.3) is 0 Å². The van der Waals surface area contributed by atoms with Gasteiger partial charge in [-0.15, -0.1) is 0 Å².